The molecule has 2 heteroatoms. The van der Waals surface area contributed by atoms with Gasteiger partial charge in [-0.2, -0.15) is 0 Å². The number of hydrogen-bond acceptors (Lipinski definition) is 2. The molecule has 0 spiro atoms. The average molecular weight is 244 g/mol. The number of rotatable bonds is 2. The molecule has 2 rings (SSSR count). The number of carbonyl (C=O) groups excluding carboxylic acids is 1. The van der Waals surface area contributed by atoms with E-state index in [0.29, 0.717) is 12.0 Å². The maximum atomic E-state index is 11.8. The Bertz CT molecular complexity index is 536. The monoisotopic (exact) mass is 244 g/mol. The molecule has 1 aliphatic carbocycles. The summed E-state index contributed by atoms with van der Waals surface area (Å²) in [5, 5.41) is 10.0. The molecular weight excluding hydrogens is 224 g/mol. The van der Waals surface area contributed by atoms with Gasteiger partial charge >= 0.3 is 0 Å². The van der Waals surface area contributed by atoms with Crippen LogP contribution in [0.5, 0.6) is 5.75 Å². The quantitative estimate of drug-likeness (QED) is 0.796. The van der Waals surface area contributed by atoms with Gasteiger partial charge in [-0.1, -0.05) is 26.8 Å². The number of phenols is 1. The highest BCUT2D eigenvalue weighted by Gasteiger charge is 2.28. The van der Waals surface area contributed by atoms with Crippen molar-refractivity contribution in [1.29, 1.82) is 0 Å². The number of fused-ring (bicyclic) bond motifs is 1. The molecule has 96 valence electrons. The fraction of sp³-hybridized carbons (Fsp3) is 0.438. The first-order valence-corrected chi connectivity index (χ1v) is 6.44. The molecule has 0 unspecified atom stereocenters. The lowest BCUT2D eigenvalue weighted by Gasteiger charge is -2.32. The minimum Gasteiger partial charge on any atom is -0.507 e. The summed E-state index contributed by atoms with van der Waals surface area (Å²) in [5.74, 6) is 0.101. The smallest absolute Gasteiger partial charge is 0.166 e. The van der Waals surface area contributed by atoms with Gasteiger partial charge in [0, 0.05) is 6.42 Å². The van der Waals surface area contributed by atoms with Crippen LogP contribution in [0.2, 0.25) is 0 Å². The Kier molecular flexibility index (Phi) is 3.05. The first-order valence-electron chi connectivity index (χ1n) is 6.44. The van der Waals surface area contributed by atoms with Crippen LogP contribution in [0.15, 0.2) is 18.2 Å². The summed E-state index contributed by atoms with van der Waals surface area (Å²) in [4.78, 5) is 11.8. The van der Waals surface area contributed by atoms with Gasteiger partial charge in [-0.25, -0.2) is 0 Å². The molecule has 0 amide bonds. The number of allylic oxidation sites excluding steroid dienone is 2. The highest BCUT2D eigenvalue weighted by molar-refractivity contribution is 5.99. The number of carbonyl (C=O) groups is 1. The van der Waals surface area contributed by atoms with Gasteiger partial charge in [0.05, 0.1) is 5.56 Å². The summed E-state index contributed by atoms with van der Waals surface area (Å²) in [7, 11) is 0. The van der Waals surface area contributed by atoms with Gasteiger partial charge in [-0.05, 0) is 47.6 Å². The van der Waals surface area contributed by atoms with Crippen molar-refractivity contribution in [2.75, 3.05) is 0 Å². The highest BCUT2D eigenvalue weighted by atomic mass is 16.3. The molecule has 0 aliphatic heterocycles. The second-order valence-corrected chi connectivity index (χ2v) is 5.67. The first-order chi connectivity index (χ1) is 8.36. The Balaban J connectivity index is 2.67. The minimum absolute atomic E-state index is 0.00157. The summed E-state index contributed by atoms with van der Waals surface area (Å²) in [6, 6.07) is 3.62. The maximum Gasteiger partial charge on any atom is 0.166 e. The number of phenolic OH excluding ortho intramolecular Hbond substituents is 1. The van der Waals surface area contributed by atoms with Crippen LogP contribution < -0.4 is 0 Å². The van der Waals surface area contributed by atoms with Gasteiger partial charge in [-0.15, -0.1) is 0 Å². The number of aromatic hydroxyl groups is 1. The fourth-order valence-corrected chi connectivity index (χ4v) is 2.52. The second kappa shape index (κ2) is 4.27. The van der Waals surface area contributed by atoms with Crippen LogP contribution in [0.25, 0.3) is 5.57 Å². The molecule has 0 fully saturated rings. The molecule has 0 bridgehead atoms. The number of benzene rings is 1. The number of Topliss-reactive ketones (excluding diaryl/α,β-unsaturated/α-hetero) is 1. The van der Waals surface area contributed by atoms with E-state index >= 15 is 0 Å². The summed E-state index contributed by atoms with van der Waals surface area (Å²) >= 11 is 0. The number of hydrogen-bond donors (Lipinski definition) is 1. The zero-order chi connectivity index (χ0) is 13.5. The fourth-order valence-electron chi connectivity index (χ4n) is 2.52. The molecule has 1 aromatic rings. The van der Waals surface area contributed by atoms with Crippen molar-refractivity contribution in [3.63, 3.8) is 0 Å². The van der Waals surface area contributed by atoms with E-state index in [4.69, 9.17) is 0 Å². The predicted octanol–water partition coefficient (Wildman–Crippen LogP) is 4.07. The first kappa shape index (κ1) is 12.9. The normalized spacial score (nSPS) is 17.0. The van der Waals surface area contributed by atoms with Crippen LogP contribution in [0.3, 0.4) is 0 Å². The number of ketones is 1. The van der Waals surface area contributed by atoms with Gasteiger partial charge in [0.15, 0.2) is 5.78 Å². The molecule has 0 radical (unpaired) electrons. The van der Waals surface area contributed by atoms with Crippen molar-refractivity contribution in [2.24, 2.45) is 0 Å². The summed E-state index contributed by atoms with van der Waals surface area (Å²) in [5.41, 5.74) is 3.88. The van der Waals surface area contributed by atoms with Crippen LogP contribution in [-0.2, 0) is 5.41 Å². The Morgan fingerprint density at radius 1 is 1.39 bits per heavy atom. The molecule has 1 N–H and O–H groups in total. The lowest BCUT2D eigenvalue weighted by Crippen LogP contribution is -2.22. The molecule has 0 saturated carbocycles. The molecule has 1 aliphatic rings. The van der Waals surface area contributed by atoms with E-state index in [1.807, 2.05) is 13.0 Å². The van der Waals surface area contributed by atoms with Crippen molar-refractivity contribution in [3.8, 4) is 5.75 Å². The Hall–Kier alpha value is -1.57. The molecule has 0 saturated heterocycles. The minimum atomic E-state index is -0.00157. The van der Waals surface area contributed by atoms with E-state index in [1.165, 1.54) is 5.57 Å². The summed E-state index contributed by atoms with van der Waals surface area (Å²) in [6.45, 7) is 8.21. The van der Waals surface area contributed by atoms with Gasteiger partial charge in [-0.3, -0.25) is 4.79 Å². The third-order valence-electron chi connectivity index (χ3n) is 3.83. The van der Waals surface area contributed by atoms with Crippen LogP contribution in [-0.4, -0.2) is 10.9 Å². The van der Waals surface area contributed by atoms with Crippen molar-refractivity contribution >= 4 is 11.4 Å². The lowest BCUT2D eigenvalue weighted by atomic mass is 9.73. The molecule has 0 aromatic heterocycles. The summed E-state index contributed by atoms with van der Waals surface area (Å²) < 4.78 is 0. The van der Waals surface area contributed by atoms with E-state index < -0.39 is 0 Å². The zero-order valence-corrected chi connectivity index (χ0v) is 11.5. The van der Waals surface area contributed by atoms with Crippen molar-refractivity contribution in [3.05, 3.63) is 34.9 Å². The van der Waals surface area contributed by atoms with Crippen LogP contribution in [0.1, 0.15) is 62.0 Å². The Morgan fingerprint density at radius 3 is 2.67 bits per heavy atom. The maximum absolute atomic E-state index is 11.8. The second-order valence-electron chi connectivity index (χ2n) is 5.67. The van der Waals surface area contributed by atoms with Gasteiger partial charge in [0.2, 0.25) is 0 Å². The van der Waals surface area contributed by atoms with E-state index in [-0.39, 0.29) is 16.9 Å². The van der Waals surface area contributed by atoms with Crippen LogP contribution in [0, 0.1) is 0 Å². The largest absolute Gasteiger partial charge is 0.507 e. The predicted molar refractivity (Wildman–Crippen MR) is 74.0 cm³/mol. The zero-order valence-electron chi connectivity index (χ0n) is 11.5. The van der Waals surface area contributed by atoms with Crippen LogP contribution >= 0.6 is 0 Å². The molecule has 0 heterocycles. The highest BCUT2D eigenvalue weighted by Crippen LogP contribution is 2.41. The van der Waals surface area contributed by atoms with E-state index in [0.717, 1.165) is 17.5 Å². The van der Waals surface area contributed by atoms with Gasteiger partial charge in [0.25, 0.3) is 0 Å². The third kappa shape index (κ3) is 1.96. The van der Waals surface area contributed by atoms with Gasteiger partial charge in [0.1, 0.15) is 5.75 Å². The lowest BCUT2D eigenvalue weighted by molar-refractivity contribution is 0.0985. The molecular formula is C16H20O2. The molecule has 1 aromatic carbocycles. The standard InChI is InChI=1S/C16H20O2/c1-5-14(17)12-8-13-11(9-15(12)18)10(2)6-7-16(13,3)4/h6,8-9,18H,5,7H2,1-4H3. The van der Waals surface area contributed by atoms with E-state index in [1.54, 1.807) is 6.07 Å². The molecule has 2 nitrogen and oxygen atoms in total. The topological polar surface area (TPSA) is 37.3 Å². The summed E-state index contributed by atoms with van der Waals surface area (Å²) in [6.07, 6.45) is 3.58. The van der Waals surface area contributed by atoms with Crippen molar-refractivity contribution in [2.45, 2.75) is 46.0 Å². The molecule has 0 atom stereocenters. The van der Waals surface area contributed by atoms with E-state index in [2.05, 4.69) is 26.8 Å². The van der Waals surface area contributed by atoms with Crippen molar-refractivity contribution in [1.82, 2.24) is 0 Å². The Morgan fingerprint density at radius 2 is 2.06 bits per heavy atom. The molecule has 18 heavy (non-hydrogen) atoms. The van der Waals surface area contributed by atoms with E-state index in [9.17, 15) is 9.90 Å². The third-order valence-corrected chi connectivity index (χ3v) is 3.83. The van der Waals surface area contributed by atoms with Crippen LogP contribution in [0.4, 0.5) is 0 Å². The van der Waals surface area contributed by atoms with Crippen molar-refractivity contribution < 1.29 is 9.90 Å². The Labute approximate surface area is 108 Å². The van der Waals surface area contributed by atoms with Gasteiger partial charge < -0.3 is 5.11 Å². The average Bonchev–Trinajstić information content (AvgIpc) is 2.33. The SMILES string of the molecule is CCC(=O)c1cc2c(cc1O)C(C)=CCC2(C)C.